The van der Waals surface area contributed by atoms with Crippen molar-refractivity contribution in [2.75, 3.05) is 6.61 Å². The van der Waals surface area contributed by atoms with E-state index in [0.29, 0.717) is 19.3 Å². The van der Waals surface area contributed by atoms with E-state index in [0.717, 1.165) is 44.9 Å². The van der Waals surface area contributed by atoms with E-state index in [1.807, 2.05) is 0 Å². The summed E-state index contributed by atoms with van der Waals surface area (Å²) in [5, 5.41) is 74.7. The van der Waals surface area contributed by atoms with Crippen LogP contribution in [0.25, 0.3) is 0 Å². The van der Waals surface area contributed by atoms with Crippen LogP contribution in [-0.2, 0) is 18.4 Å². The van der Waals surface area contributed by atoms with E-state index in [-0.39, 0.29) is 6.42 Å². The predicted molar refractivity (Wildman–Crippen MR) is 275 cm³/mol. The fourth-order valence-corrected chi connectivity index (χ4v) is 9.71. The Morgan fingerprint density at radius 1 is 0.515 bits per heavy atom. The van der Waals surface area contributed by atoms with Crippen LogP contribution in [0, 0.1) is 0 Å². The maximum Gasteiger partial charge on any atom is 0.472 e. The highest BCUT2D eigenvalue weighted by Crippen LogP contribution is 2.47. The molecule has 8 atom stereocenters. The number of allylic oxidation sites excluding steroid dienone is 5. The van der Waals surface area contributed by atoms with Crippen LogP contribution < -0.4 is 5.32 Å². The minimum Gasteiger partial charge on any atom is -0.393 e. The lowest BCUT2D eigenvalue weighted by atomic mass is 9.85. The van der Waals surface area contributed by atoms with Gasteiger partial charge in [0.05, 0.1) is 31.3 Å². The van der Waals surface area contributed by atoms with Crippen LogP contribution in [0.4, 0.5) is 0 Å². The second-order valence-electron chi connectivity index (χ2n) is 19.6. The molecule has 1 saturated carbocycles. The van der Waals surface area contributed by atoms with E-state index in [1.165, 1.54) is 160 Å². The lowest BCUT2D eigenvalue weighted by Crippen LogP contribution is -2.64. The number of amides is 1. The average molecular weight is 988 g/mol. The summed E-state index contributed by atoms with van der Waals surface area (Å²) in [6.07, 6.45) is 38.0. The van der Waals surface area contributed by atoms with E-state index >= 15 is 0 Å². The highest BCUT2D eigenvalue weighted by atomic mass is 31.2. The summed E-state index contributed by atoms with van der Waals surface area (Å²) in [6, 6.07) is -1.26. The van der Waals surface area contributed by atoms with Crippen molar-refractivity contribution >= 4 is 13.7 Å². The Morgan fingerprint density at radius 3 is 1.29 bits per heavy atom. The summed E-state index contributed by atoms with van der Waals surface area (Å²) < 4.78 is 22.9. The van der Waals surface area contributed by atoms with Gasteiger partial charge in [-0.2, -0.15) is 0 Å². The maximum atomic E-state index is 13.1. The molecule has 0 aromatic carbocycles. The first-order chi connectivity index (χ1) is 32.8. The molecule has 1 rings (SSSR count). The lowest BCUT2D eigenvalue weighted by Gasteiger charge is -2.41. The number of nitrogens with one attached hydrogen (secondary N) is 1. The molecule has 9 N–H and O–H groups in total. The first-order valence-corrected chi connectivity index (χ1v) is 29.0. The number of carbonyl (C=O) groups excluding carboxylic acids is 1. The van der Waals surface area contributed by atoms with Crippen LogP contribution in [0.3, 0.4) is 0 Å². The van der Waals surface area contributed by atoms with Crippen LogP contribution in [0.1, 0.15) is 239 Å². The number of carbonyl (C=O) groups is 1. The Balaban J connectivity index is 2.45. The molecule has 13 nitrogen and oxygen atoms in total. The Bertz CT molecular complexity index is 1300. The quantitative estimate of drug-likeness (QED) is 0.0158. The van der Waals surface area contributed by atoms with Gasteiger partial charge in [-0.3, -0.25) is 13.8 Å². The van der Waals surface area contributed by atoms with Gasteiger partial charge in [-0.25, -0.2) is 4.57 Å². The molecule has 0 spiro atoms. The standard InChI is InChI=1S/C54H102NO12P/c1-3-5-7-9-11-13-15-17-19-21-22-23-24-26-27-29-31-33-35-37-39-41-45(56)43-48(58)55-46(44-66-68(64,65)67-54-52(62)50(60)49(59)51(61)53(54)63)47(57)42-40-38-36-34-32-30-28-25-20-18-16-14-12-10-8-6-4-2/h20,25,32,34,40,42,45-47,49-54,56-57,59-63H,3-19,21-24,26-31,33,35-39,41,43-44H2,1-2H3,(H,55,58)(H,64,65)/b25-20+,34-32+,42-40+. The van der Waals surface area contributed by atoms with Crippen molar-refractivity contribution in [1.82, 2.24) is 5.32 Å². The smallest absolute Gasteiger partial charge is 0.393 e. The topological polar surface area (TPSA) is 226 Å². The summed E-state index contributed by atoms with van der Waals surface area (Å²) in [4.78, 5) is 23.5. The van der Waals surface area contributed by atoms with E-state index in [1.54, 1.807) is 6.08 Å². The highest BCUT2D eigenvalue weighted by molar-refractivity contribution is 7.47. The monoisotopic (exact) mass is 988 g/mol. The van der Waals surface area contributed by atoms with Gasteiger partial charge in [-0.05, 0) is 44.9 Å². The summed E-state index contributed by atoms with van der Waals surface area (Å²) in [7, 11) is -5.16. The molecule has 400 valence electrons. The van der Waals surface area contributed by atoms with Crippen molar-refractivity contribution in [2.24, 2.45) is 0 Å². The molecule has 14 heteroatoms. The number of hydrogen-bond donors (Lipinski definition) is 9. The second-order valence-corrected chi connectivity index (χ2v) is 21.0. The van der Waals surface area contributed by atoms with Gasteiger partial charge in [0.2, 0.25) is 5.91 Å². The molecule has 68 heavy (non-hydrogen) atoms. The fourth-order valence-electron chi connectivity index (χ4n) is 8.74. The zero-order valence-corrected chi connectivity index (χ0v) is 43.7. The SMILES string of the molecule is CCCCCCCCC/C=C/CC/C=C/CC/C=C/C(O)C(COP(=O)(O)OC1C(O)C(O)C(O)C(O)C1O)NC(=O)CC(O)CCCCCCCCCCCCCCCCCCCCCCC. The van der Waals surface area contributed by atoms with Gasteiger partial charge >= 0.3 is 7.82 Å². The number of unbranched alkanes of at least 4 members (excludes halogenated alkanes) is 29. The Labute approximate surface area is 413 Å². The molecular formula is C54H102NO12P. The Hall–Kier alpha value is -1.48. The van der Waals surface area contributed by atoms with Gasteiger partial charge in [0.25, 0.3) is 0 Å². The molecule has 1 fully saturated rings. The zero-order valence-electron chi connectivity index (χ0n) is 42.8. The number of aliphatic hydroxyl groups is 7. The first kappa shape index (κ1) is 64.5. The molecule has 0 saturated heterocycles. The fraction of sp³-hybridized carbons (Fsp3) is 0.870. The molecule has 0 bridgehead atoms. The van der Waals surface area contributed by atoms with Gasteiger partial charge in [-0.15, -0.1) is 0 Å². The third kappa shape index (κ3) is 34.0. The minimum absolute atomic E-state index is 0.253. The largest absolute Gasteiger partial charge is 0.472 e. The summed E-state index contributed by atoms with van der Waals surface area (Å²) in [5.74, 6) is -0.603. The van der Waals surface area contributed by atoms with Crippen molar-refractivity contribution in [3.8, 4) is 0 Å². The van der Waals surface area contributed by atoms with E-state index in [4.69, 9.17) is 9.05 Å². The summed E-state index contributed by atoms with van der Waals surface area (Å²) >= 11 is 0. The maximum absolute atomic E-state index is 13.1. The molecule has 1 amide bonds. The van der Waals surface area contributed by atoms with Gasteiger partial charge in [0.15, 0.2) is 0 Å². The van der Waals surface area contributed by atoms with Crippen molar-refractivity contribution in [2.45, 2.75) is 293 Å². The van der Waals surface area contributed by atoms with E-state index < -0.39 is 75.2 Å². The van der Waals surface area contributed by atoms with E-state index in [9.17, 15) is 50.0 Å². The lowest BCUT2D eigenvalue weighted by molar-refractivity contribution is -0.220. The minimum atomic E-state index is -5.16. The highest BCUT2D eigenvalue weighted by Gasteiger charge is 2.51. The zero-order chi connectivity index (χ0) is 50.1. The van der Waals surface area contributed by atoms with Crippen LogP contribution >= 0.6 is 7.82 Å². The van der Waals surface area contributed by atoms with Crippen LogP contribution in [0.5, 0.6) is 0 Å². The van der Waals surface area contributed by atoms with Gasteiger partial charge in [-0.1, -0.05) is 224 Å². The van der Waals surface area contributed by atoms with E-state index in [2.05, 4.69) is 43.5 Å². The second kappa shape index (κ2) is 43.1. The Kier molecular flexibility index (Phi) is 40.9. The number of rotatable bonds is 46. The van der Waals surface area contributed by atoms with Gasteiger partial charge in [0, 0.05) is 0 Å². The van der Waals surface area contributed by atoms with Crippen LogP contribution in [-0.4, -0.2) is 108 Å². The molecule has 8 unspecified atom stereocenters. The molecule has 0 heterocycles. The van der Waals surface area contributed by atoms with Crippen LogP contribution in [0.15, 0.2) is 36.5 Å². The Morgan fingerprint density at radius 2 is 0.868 bits per heavy atom. The predicted octanol–water partition coefficient (Wildman–Crippen LogP) is 10.9. The molecule has 1 aliphatic carbocycles. The molecular weight excluding hydrogens is 886 g/mol. The number of phosphoric ester groups is 1. The summed E-state index contributed by atoms with van der Waals surface area (Å²) in [5.41, 5.74) is 0. The molecule has 0 aliphatic heterocycles. The van der Waals surface area contributed by atoms with Crippen molar-refractivity contribution in [1.29, 1.82) is 0 Å². The molecule has 1 aliphatic rings. The molecule has 0 radical (unpaired) electrons. The van der Waals surface area contributed by atoms with Crippen molar-refractivity contribution in [3.05, 3.63) is 36.5 Å². The third-order valence-corrected chi connectivity index (χ3v) is 14.2. The number of aliphatic hydroxyl groups excluding tert-OH is 7. The first-order valence-electron chi connectivity index (χ1n) is 27.5. The average Bonchev–Trinajstić information content (AvgIpc) is 3.31. The van der Waals surface area contributed by atoms with Gasteiger partial charge in [0.1, 0.15) is 36.6 Å². The normalized spacial score (nSPS) is 22.3. The number of phosphoric acid groups is 1. The van der Waals surface area contributed by atoms with Crippen molar-refractivity contribution in [3.63, 3.8) is 0 Å². The van der Waals surface area contributed by atoms with Crippen molar-refractivity contribution < 1.29 is 59.0 Å². The molecule has 0 aromatic rings. The van der Waals surface area contributed by atoms with Gasteiger partial charge < -0.3 is 46.0 Å². The summed E-state index contributed by atoms with van der Waals surface area (Å²) in [6.45, 7) is 3.75. The number of hydrogen-bond acceptors (Lipinski definition) is 11. The third-order valence-electron chi connectivity index (χ3n) is 13.2. The molecule has 0 aromatic heterocycles. The van der Waals surface area contributed by atoms with Crippen LogP contribution in [0.2, 0.25) is 0 Å².